The van der Waals surface area contributed by atoms with Crippen LogP contribution in [0, 0.1) is 25.7 Å². The van der Waals surface area contributed by atoms with E-state index in [1.807, 2.05) is 26.0 Å². The molecule has 1 unspecified atom stereocenters. The molecule has 4 nitrogen and oxygen atoms in total. The molecule has 1 heterocycles. The highest BCUT2D eigenvalue weighted by atomic mass is 32.2. The van der Waals surface area contributed by atoms with Crippen LogP contribution in [0.1, 0.15) is 30.4 Å². The molecule has 1 aliphatic carbocycles. The zero-order valence-corrected chi connectivity index (χ0v) is 13.6. The van der Waals surface area contributed by atoms with Crippen LogP contribution in [-0.2, 0) is 10.0 Å². The van der Waals surface area contributed by atoms with Crippen molar-refractivity contribution in [2.45, 2.75) is 44.0 Å². The van der Waals surface area contributed by atoms with Crippen molar-refractivity contribution in [3.8, 4) is 0 Å². The van der Waals surface area contributed by atoms with Crippen molar-refractivity contribution in [3.05, 3.63) is 29.3 Å². The lowest BCUT2D eigenvalue weighted by molar-refractivity contribution is 0.271. The number of fused-ring (bicyclic) bond motifs is 1. The van der Waals surface area contributed by atoms with Crippen molar-refractivity contribution >= 4 is 10.0 Å². The van der Waals surface area contributed by atoms with E-state index in [-0.39, 0.29) is 6.04 Å². The first-order valence-electron chi connectivity index (χ1n) is 7.71. The summed E-state index contributed by atoms with van der Waals surface area (Å²) in [6, 6.07) is 5.88. The van der Waals surface area contributed by atoms with Gasteiger partial charge in [-0.05, 0) is 62.1 Å². The molecule has 1 aromatic carbocycles. The monoisotopic (exact) mass is 308 g/mol. The molecule has 1 saturated heterocycles. The Morgan fingerprint density at radius 2 is 1.86 bits per heavy atom. The van der Waals surface area contributed by atoms with Crippen LogP contribution in [0.3, 0.4) is 0 Å². The smallest absolute Gasteiger partial charge is 0.243 e. The molecule has 0 radical (unpaired) electrons. The predicted octanol–water partition coefficient (Wildman–Crippen LogP) is 2.05. The van der Waals surface area contributed by atoms with Crippen LogP contribution < -0.4 is 5.73 Å². The van der Waals surface area contributed by atoms with Crippen LogP contribution in [0.2, 0.25) is 0 Å². The standard InChI is InChI=1S/C16H24N2O2S/c1-11-3-4-12(2)16(7-11)21(19,20)18-9-13-5-6-15(17)8-14(13)10-18/h3-4,7,13-15H,5-6,8-10,17H2,1-2H3/t13-,14+,15?/m1/s1. The summed E-state index contributed by atoms with van der Waals surface area (Å²) in [7, 11) is -3.38. The van der Waals surface area contributed by atoms with Crippen LogP contribution >= 0.6 is 0 Å². The molecule has 1 aliphatic heterocycles. The molecule has 5 heteroatoms. The van der Waals surface area contributed by atoms with E-state index in [4.69, 9.17) is 5.73 Å². The van der Waals surface area contributed by atoms with Crippen LogP contribution in [0.5, 0.6) is 0 Å². The zero-order valence-electron chi connectivity index (χ0n) is 12.7. The van der Waals surface area contributed by atoms with E-state index in [9.17, 15) is 8.42 Å². The molecule has 0 aromatic heterocycles. The number of benzene rings is 1. The van der Waals surface area contributed by atoms with Crippen molar-refractivity contribution in [1.82, 2.24) is 4.31 Å². The molecule has 3 rings (SSSR count). The Kier molecular flexibility index (Phi) is 3.84. The largest absolute Gasteiger partial charge is 0.328 e. The van der Waals surface area contributed by atoms with E-state index in [2.05, 4.69) is 0 Å². The van der Waals surface area contributed by atoms with Crippen molar-refractivity contribution in [1.29, 1.82) is 0 Å². The maximum absolute atomic E-state index is 12.9. The van der Waals surface area contributed by atoms with Gasteiger partial charge in [-0.1, -0.05) is 12.1 Å². The lowest BCUT2D eigenvalue weighted by atomic mass is 9.79. The Morgan fingerprint density at radius 3 is 2.62 bits per heavy atom. The lowest BCUT2D eigenvalue weighted by Crippen LogP contribution is -2.32. The highest BCUT2D eigenvalue weighted by molar-refractivity contribution is 7.89. The molecular formula is C16H24N2O2S. The molecule has 0 bridgehead atoms. The predicted molar refractivity (Wildman–Crippen MR) is 83.5 cm³/mol. The van der Waals surface area contributed by atoms with Crippen molar-refractivity contribution in [3.63, 3.8) is 0 Å². The Morgan fingerprint density at radius 1 is 1.14 bits per heavy atom. The Bertz CT molecular complexity index is 642. The summed E-state index contributed by atoms with van der Waals surface area (Å²) in [5, 5.41) is 0. The van der Waals surface area contributed by atoms with Gasteiger partial charge in [0.15, 0.2) is 0 Å². The fourth-order valence-electron chi connectivity index (χ4n) is 3.75. The van der Waals surface area contributed by atoms with Crippen LogP contribution in [0.15, 0.2) is 23.1 Å². The number of nitrogens with two attached hydrogens (primary N) is 1. The Labute approximate surface area is 127 Å². The van der Waals surface area contributed by atoms with Gasteiger partial charge in [0.05, 0.1) is 4.90 Å². The molecule has 2 fully saturated rings. The first-order chi connectivity index (χ1) is 9.88. The van der Waals surface area contributed by atoms with Crippen LogP contribution in [0.4, 0.5) is 0 Å². The fraction of sp³-hybridized carbons (Fsp3) is 0.625. The summed E-state index contributed by atoms with van der Waals surface area (Å²) >= 11 is 0. The minimum absolute atomic E-state index is 0.245. The summed E-state index contributed by atoms with van der Waals surface area (Å²) in [5.41, 5.74) is 7.84. The third-order valence-corrected chi connectivity index (χ3v) is 6.99. The van der Waals surface area contributed by atoms with Crippen LogP contribution in [0.25, 0.3) is 0 Å². The maximum Gasteiger partial charge on any atom is 0.243 e. The molecule has 21 heavy (non-hydrogen) atoms. The van der Waals surface area contributed by atoms with Gasteiger partial charge in [0.25, 0.3) is 0 Å². The summed E-state index contributed by atoms with van der Waals surface area (Å²) in [4.78, 5) is 0.463. The molecule has 0 amide bonds. The summed E-state index contributed by atoms with van der Waals surface area (Å²) in [6.45, 7) is 5.09. The third-order valence-electron chi connectivity index (χ3n) is 5.02. The number of hydrogen-bond donors (Lipinski definition) is 1. The van der Waals surface area contributed by atoms with Crippen molar-refractivity contribution < 1.29 is 8.42 Å². The Hall–Kier alpha value is -0.910. The van der Waals surface area contributed by atoms with E-state index in [1.54, 1.807) is 10.4 Å². The molecule has 0 spiro atoms. The molecule has 1 saturated carbocycles. The van der Waals surface area contributed by atoms with Gasteiger partial charge in [-0.25, -0.2) is 8.42 Å². The summed E-state index contributed by atoms with van der Waals surface area (Å²) < 4.78 is 27.5. The first kappa shape index (κ1) is 15.0. The second-order valence-corrected chi connectivity index (χ2v) is 8.59. The van der Waals surface area contributed by atoms with Gasteiger partial charge in [-0.15, -0.1) is 0 Å². The Balaban J connectivity index is 1.88. The summed E-state index contributed by atoms with van der Waals surface area (Å²) in [6.07, 6.45) is 3.05. The number of aryl methyl sites for hydroxylation is 2. The number of nitrogens with zero attached hydrogens (tertiary/aromatic N) is 1. The number of sulfonamides is 1. The van der Waals surface area contributed by atoms with Crippen molar-refractivity contribution in [2.75, 3.05) is 13.1 Å². The fourth-order valence-corrected chi connectivity index (χ4v) is 5.61. The van der Waals surface area contributed by atoms with Crippen LogP contribution in [-0.4, -0.2) is 31.9 Å². The normalized spacial score (nSPS) is 30.3. The molecule has 2 N–H and O–H groups in total. The van der Waals surface area contributed by atoms with E-state index in [0.717, 1.165) is 30.4 Å². The SMILES string of the molecule is Cc1ccc(C)c(S(=O)(=O)N2C[C@H]3CCC(N)C[C@H]3C2)c1. The van der Waals surface area contributed by atoms with E-state index >= 15 is 0 Å². The topological polar surface area (TPSA) is 63.4 Å². The minimum Gasteiger partial charge on any atom is -0.328 e. The number of rotatable bonds is 2. The number of hydrogen-bond acceptors (Lipinski definition) is 3. The second-order valence-electron chi connectivity index (χ2n) is 6.68. The van der Waals surface area contributed by atoms with Gasteiger partial charge in [0.2, 0.25) is 10.0 Å². The van der Waals surface area contributed by atoms with E-state index < -0.39 is 10.0 Å². The van der Waals surface area contributed by atoms with Gasteiger partial charge in [-0.3, -0.25) is 0 Å². The average molecular weight is 308 g/mol. The molecule has 2 aliphatic rings. The quantitative estimate of drug-likeness (QED) is 0.909. The minimum atomic E-state index is -3.38. The van der Waals surface area contributed by atoms with E-state index in [0.29, 0.717) is 29.8 Å². The van der Waals surface area contributed by atoms with Gasteiger partial charge >= 0.3 is 0 Å². The third kappa shape index (κ3) is 2.74. The first-order valence-corrected chi connectivity index (χ1v) is 9.15. The highest BCUT2D eigenvalue weighted by Crippen LogP contribution is 2.38. The second kappa shape index (κ2) is 5.38. The molecule has 3 atom stereocenters. The highest BCUT2D eigenvalue weighted by Gasteiger charge is 2.41. The lowest BCUT2D eigenvalue weighted by Gasteiger charge is -2.28. The van der Waals surface area contributed by atoms with Gasteiger partial charge in [0, 0.05) is 19.1 Å². The summed E-state index contributed by atoms with van der Waals surface area (Å²) in [5.74, 6) is 0.929. The van der Waals surface area contributed by atoms with Gasteiger partial charge in [0.1, 0.15) is 0 Å². The average Bonchev–Trinajstić information content (AvgIpc) is 2.85. The van der Waals surface area contributed by atoms with Gasteiger partial charge in [-0.2, -0.15) is 4.31 Å². The van der Waals surface area contributed by atoms with E-state index in [1.165, 1.54) is 0 Å². The van der Waals surface area contributed by atoms with Gasteiger partial charge < -0.3 is 5.73 Å². The molecular weight excluding hydrogens is 284 g/mol. The molecule has 1 aromatic rings. The van der Waals surface area contributed by atoms with Crippen molar-refractivity contribution in [2.24, 2.45) is 17.6 Å². The zero-order chi connectivity index (χ0) is 15.2. The molecule has 116 valence electrons. The maximum atomic E-state index is 12.9.